The van der Waals surface area contributed by atoms with Gasteiger partial charge in [-0.05, 0) is 48.4 Å². The van der Waals surface area contributed by atoms with Gasteiger partial charge in [0.1, 0.15) is 16.3 Å². The van der Waals surface area contributed by atoms with E-state index in [1.54, 1.807) is 24.3 Å². The van der Waals surface area contributed by atoms with Gasteiger partial charge < -0.3 is 14.8 Å². The van der Waals surface area contributed by atoms with Crippen molar-refractivity contribution in [1.82, 2.24) is 10.6 Å². The fourth-order valence-corrected chi connectivity index (χ4v) is 3.82. The first-order valence-electron chi connectivity index (χ1n) is 10.2. The van der Waals surface area contributed by atoms with E-state index in [1.165, 1.54) is 37.3 Å². The van der Waals surface area contributed by atoms with Gasteiger partial charge in [-0.3, -0.25) is 9.59 Å². The van der Waals surface area contributed by atoms with Gasteiger partial charge >= 0.3 is 10.1 Å². The van der Waals surface area contributed by atoms with Gasteiger partial charge in [0.25, 0.3) is 5.91 Å². The molecule has 170 valence electrons. The fraction of sp³-hybridized carbons (Fsp3) is 0.120. The average Bonchev–Trinajstić information content (AvgIpc) is 2.79. The Morgan fingerprint density at radius 1 is 0.909 bits per heavy atom. The van der Waals surface area contributed by atoms with E-state index in [0.29, 0.717) is 12.1 Å². The van der Waals surface area contributed by atoms with Crippen molar-refractivity contribution in [2.45, 2.75) is 25.3 Å². The lowest BCUT2D eigenvalue weighted by molar-refractivity contribution is -0.122. The average molecular weight is 465 g/mol. The Kier molecular flexibility index (Phi) is 7.63. The van der Waals surface area contributed by atoms with Gasteiger partial charge in [0, 0.05) is 13.5 Å². The van der Waals surface area contributed by atoms with Gasteiger partial charge in [-0.15, -0.1) is 0 Å². The first kappa shape index (κ1) is 23.7. The number of carbonyl (C=O) groups excluding carboxylic acids is 2. The summed E-state index contributed by atoms with van der Waals surface area (Å²) in [6.45, 7) is 3.48. The summed E-state index contributed by atoms with van der Waals surface area (Å²) in [4.78, 5) is 24.2. The van der Waals surface area contributed by atoms with Gasteiger partial charge in [0.2, 0.25) is 5.91 Å². The largest absolute Gasteiger partial charge is 0.379 e. The van der Waals surface area contributed by atoms with E-state index in [-0.39, 0.29) is 22.2 Å². The highest BCUT2D eigenvalue weighted by Crippen LogP contribution is 2.20. The van der Waals surface area contributed by atoms with Crippen LogP contribution in [0.3, 0.4) is 0 Å². The molecule has 2 N–H and O–H groups in total. The smallest absolute Gasteiger partial charge is 0.339 e. The van der Waals surface area contributed by atoms with Gasteiger partial charge in [0.05, 0.1) is 0 Å². The first-order valence-corrected chi connectivity index (χ1v) is 11.6. The summed E-state index contributed by atoms with van der Waals surface area (Å²) in [5, 5.41) is 5.29. The van der Waals surface area contributed by atoms with E-state index >= 15 is 0 Å². The van der Waals surface area contributed by atoms with Crippen LogP contribution >= 0.6 is 0 Å². The van der Waals surface area contributed by atoms with E-state index in [2.05, 4.69) is 10.6 Å². The predicted octanol–water partition coefficient (Wildman–Crippen LogP) is 3.56. The van der Waals surface area contributed by atoms with Crippen LogP contribution in [0.15, 0.2) is 89.5 Å². The molecule has 8 heteroatoms. The second kappa shape index (κ2) is 10.6. The Bertz CT molecular complexity index is 1250. The Morgan fingerprint density at radius 2 is 1.55 bits per heavy atom. The minimum atomic E-state index is -3.97. The maximum Gasteiger partial charge on any atom is 0.339 e. The highest BCUT2D eigenvalue weighted by Gasteiger charge is 2.16. The zero-order valence-corrected chi connectivity index (χ0v) is 19.1. The topological polar surface area (TPSA) is 102 Å². The van der Waals surface area contributed by atoms with Crippen LogP contribution in [0.25, 0.3) is 6.08 Å². The Labute approximate surface area is 193 Å². The molecule has 0 saturated heterocycles. The molecule has 0 atom stereocenters. The Morgan fingerprint density at radius 3 is 2.15 bits per heavy atom. The van der Waals surface area contributed by atoms with Crippen LogP contribution in [-0.4, -0.2) is 20.2 Å². The van der Waals surface area contributed by atoms with Crippen molar-refractivity contribution in [2.75, 3.05) is 0 Å². The third-order valence-electron chi connectivity index (χ3n) is 4.56. The number of hydrogen-bond donors (Lipinski definition) is 2. The lowest BCUT2D eigenvalue weighted by atomic mass is 10.1. The summed E-state index contributed by atoms with van der Waals surface area (Å²) in [5.74, 6) is -0.709. The number of carbonyl (C=O) groups is 2. The highest BCUT2D eigenvalue weighted by molar-refractivity contribution is 7.87. The molecule has 0 bridgehead atoms. The third kappa shape index (κ3) is 7.05. The van der Waals surface area contributed by atoms with Crippen molar-refractivity contribution in [3.8, 4) is 5.75 Å². The molecule has 0 heterocycles. The SMILES string of the molecule is CC(=O)NC(=Cc1ccc(OS(=O)(=O)c2ccc(C)cc2)cc1)C(=O)NCc1ccccc1. The zero-order chi connectivity index (χ0) is 23.8. The second-order valence-electron chi connectivity index (χ2n) is 7.33. The van der Waals surface area contributed by atoms with E-state index in [0.717, 1.165) is 11.1 Å². The molecule has 2 amide bonds. The number of hydrogen-bond acceptors (Lipinski definition) is 5. The van der Waals surface area contributed by atoms with Crippen LogP contribution in [0.1, 0.15) is 23.6 Å². The summed E-state index contributed by atoms with van der Waals surface area (Å²) in [7, 11) is -3.97. The van der Waals surface area contributed by atoms with E-state index in [1.807, 2.05) is 37.3 Å². The normalized spacial score (nSPS) is 11.5. The Hall–Kier alpha value is -3.91. The maximum absolute atomic E-state index is 12.6. The van der Waals surface area contributed by atoms with Crippen LogP contribution in [0, 0.1) is 6.92 Å². The molecular formula is C25H24N2O5S. The molecule has 0 radical (unpaired) electrons. The van der Waals surface area contributed by atoms with Gasteiger partial charge in [0.15, 0.2) is 0 Å². The summed E-state index contributed by atoms with van der Waals surface area (Å²) < 4.78 is 30.1. The Balaban J connectivity index is 1.73. The predicted molar refractivity (Wildman–Crippen MR) is 126 cm³/mol. The van der Waals surface area contributed by atoms with Crippen LogP contribution in [-0.2, 0) is 26.3 Å². The standard InChI is InChI=1S/C25H24N2O5S/c1-18-8-14-23(15-9-18)33(30,31)32-22-12-10-20(11-13-22)16-24(27-19(2)28)25(29)26-17-21-6-4-3-5-7-21/h3-16H,17H2,1-2H3,(H,26,29)(H,27,28). The molecule has 3 aromatic carbocycles. The number of rotatable bonds is 8. The summed E-state index contributed by atoms with van der Waals surface area (Å²) in [6, 6.07) is 21.9. The number of aryl methyl sites for hydroxylation is 1. The minimum absolute atomic E-state index is 0.0557. The molecule has 0 fully saturated rings. The minimum Gasteiger partial charge on any atom is -0.379 e. The van der Waals surface area contributed by atoms with Crippen molar-refractivity contribution in [3.05, 3.63) is 101 Å². The molecule has 3 aromatic rings. The van der Waals surface area contributed by atoms with E-state index < -0.39 is 16.0 Å². The van der Waals surface area contributed by atoms with Crippen molar-refractivity contribution >= 4 is 28.0 Å². The number of amides is 2. The number of benzene rings is 3. The molecule has 7 nitrogen and oxygen atoms in total. The van der Waals surface area contributed by atoms with Gasteiger partial charge in [-0.25, -0.2) is 0 Å². The lowest BCUT2D eigenvalue weighted by Gasteiger charge is -2.10. The molecule has 0 aliphatic rings. The fourth-order valence-electron chi connectivity index (χ4n) is 2.89. The molecule has 0 unspecified atom stereocenters. The molecule has 33 heavy (non-hydrogen) atoms. The number of nitrogens with one attached hydrogen (secondary N) is 2. The van der Waals surface area contributed by atoms with E-state index in [4.69, 9.17) is 4.18 Å². The molecule has 0 spiro atoms. The zero-order valence-electron chi connectivity index (χ0n) is 18.2. The lowest BCUT2D eigenvalue weighted by Crippen LogP contribution is -2.33. The van der Waals surface area contributed by atoms with Crippen molar-refractivity contribution in [1.29, 1.82) is 0 Å². The highest BCUT2D eigenvalue weighted by atomic mass is 32.2. The molecule has 0 aliphatic carbocycles. The first-order chi connectivity index (χ1) is 15.7. The van der Waals surface area contributed by atoms with Crippen LogP contribution in [0.5, 0.6) is 5.75 Å². The van der Waals surface area contributed by atoms with Crippen LogP contribution in [0.2, 0.25) is 0 Å². The summed E-state index contributed by atoms with van der Waals surface area (Å²) in [5.41, 5.74) is 2.50. The van der Waals surface area contributed by atoms with Gasteiger partial charge in [-0.2, -0.15) is 8.42 Å². The molecule has 0 saturated carbocycles. The van der Waals surface area contributed by atoms with Crippen molar-refractivity contribution in [3.63, 3.8) is 0 Å². The van der Waals surface area contributed by atoms with Crippen LogP contribution < -0.4 is 14.8 Å². The maximum atomic E-state index is 12.6. The molecule has 0 aromatic heterocycles. The van der Waals surface area contributed by atoms with Crippen molar-refractivity contribution in [2.24, 2.45) is 0 Å². The summed E-state index contributed by atoms with van der Waals surface area (Å²) >= 11 is 0. The van der Waals surface area contributed by atoms with Crippen molar-refractivity contribution < 1.29 is 22.2 Å². The third-order valence-corrected chi connectivity index (χ3v) is 5.82. The quantitative estimate of drug-likeness (QED) is 0.392. The summed E-state index contributed by atoms with van der Waals surface area (Å²) in [6.07, 6.45) is 1.50. The molecule has 3 rings (SSSR count). The molecule has 0 aliphatic heterocycles. The van der Waals surface area contributed by atoms with Crippen LogP contribution in [0.4, 0.5) is 0 Å². The van der Waals surface area contributed by atoms with E-state index in [9.17, 15) is 18.0 Å². The molecular weight excluding hydrogens is 440 g/mol. The van der Waals surface area contributed by atoms with Gasteiger partial charge in [-0.1, -0.05) is 60.2 Å². The monoisotopic (exact) mass is 464 g/mol. The second-order valence-corrected chi connectivity index (χ2v) is 8.87.